The van der Waals surface area contributed by atoms with Gasteiger partial charge < -0.3 is 10.5 Å². The summed E-state index contributed by atoms with van der Waals surface area (Å²) in [5.41, 5.74) is 5.70. The summed E-state index contributed by atoms with van der Waals surface area (Å²) < 4.78 is 5.13. The standard InChI is InChI=1S/C7H14NO/c1-9-7-4-2-3-6(8)5-7/h4,6-7H,2-3,5,8H2,1H3. The summed E-state index contributed by atoms with van der Waals surface area (Å²) in [5.74, 6) is 0. The summed E-state index contributed by atoms with van der Waals surface area (Å²) >= 11 is 0. The van der Waals surface area contributed by atoms with Gasteiger partial charge in [0.1, 0.15) is 0 Å². The van der Waals surface area contributed by atoms with Crippen molar-refractivity contribution in [3.8, 4) is 0 Å². The van der Waals surface area contributed by atoms with E-state index in [-0.39, 0.29) is 0 Å². The van der Waals surface area contributed by atoms with Gasteiger partial charge in [0.15, 0.2) is 0 Å². The van der Waals surface area contributed by atoms with Crippen molar-refractivity contribution in [1.82, 2.24) is 0 Å². The van der Waals surface area contributed by atoms with Crippen LogP contribution in [0.2, 0.25) is 0 Å². The van der Waals surface area contributed by atoms with Crippen LogP contribution in [0.5, 0.6) is 0 Å². The maximum absolute atomic E-state index is 5.70. The predicted octanol–water partition coefficient (Wildman–Crippen LogP) is 0.717. The van der Waals surface area contributed by atoms with Crippen LogP contribution in [0, 0.1) is 6.42 Å². The lowest BCUT2D eigenvalue weighted by molar-refractivity contribution is 0.0993. The molecule has 2 atom stereocenters. The van der Waals surface area contributed by atoms with Crippen LogP contribution >= 0.6 is 0 Å². The molecule has 0 bridgehead atoms. The Labute approximate surface area is 56.4 Å². The Kier molecular flexibility index (Phi) is 2.49. The van der Waals surface area contributed by atoms with Crippen molar-refractivity contribution < 1.29 is 4.74 Å². The van der Waals surface area contributed by atoms with Gasteiger partial charge in [-0.15, -0.1) is 0 Å². The van der Waals surface area contributed by atoms with Crippen molar-refractivity contribution in [1.29, 1.82) is 0 Å². The Morgan fingerprint density at radius 3 is 2.89 bits per heavy atom. The second-order valence-electron chi connectivity index (χ2n) is 2.58. The normalized spacial score (nSPS) is 36.7. The average Bonchev–Trinajstić information content (AvgIpc) is 1.88. The molecule has 1 aliphatic rings. The Balaban J connectivity index is 2.23. The fraction of sp³-hybridized carbons (Fsp3) is 0.857. The molecule has 1 aliphatic carbocycles. The lowest BCUT2D eigenvalue weighted by atomic mass is 9.94. The molecule has 0 amide bonds. The SMILES string of the molecule is COC1[CH]CCC(N)C1. The molecule has 53 valence electrons. The fourth-order valence-electron chi connectivity index (χ4n) is 1.20. The minimum absolute atomic E-state index is 0.314. The van der Waals surface area contributed by atoms with Crippen molar-refractivity contribution in [3.05, 3.63) is 6.42 Å². The lowest BCUT2D eigenvalue weighted by Crippen LogP contribution is -2.31. The van der Waals surface area contributed by atoms with Crippen molar-refractivity contribution in [2.24, 2.45) is 5.73 Å². The monoisotopic (exact) mass is 128 g/mol. The van der Waals surface area contributed by atoms with Gasteiger partial charge in [0.05, 0.1) is 6.10 Å². The smallest absolute Gasteiger partial charge is 0.0617 e. The fourth-order valence-corrected chi connectivity index (χ4v) is 1.20. The number of hydrogen-bond acceptors (Lipinski definition) is 2. The molecule has 2 N–H and O–H groups in total. The van der Waals surface area contributed by atoms with E-state index in [9.17, 15) is 0 Å². The zero-order valence-corrected chi connectivity index (χ0v) is 5.84. The molecule has 0 spiro atoms. The van der Waals surface area contributed by atoms with E-state index in [0.29, 0.717) is 12.1 Å². The molecule has 9 heavy (non-hydrogen) atoms. The van der Waals surface area contributed by atoms with E-state index >= 15 is 0 Å². The first-order chi connectivity index (χ1) is 4.33. The molecule has 0 aromatic rings. The summed E-state index contributed by atoms with van der Waals surface area (Å²) in [6, 6.07) is 0.361. The second-order valence-corrected chi connectivity index (χ2v) is 2.58. The molecule has 0 aromatic carbocycles. The topological polar surface area (TPSA) is 35.2 Å². The Hall–Kier alpha value is -0.0800. The number of ether oxygens (including phenoxy) is 1. The molecular formula is C7H14NO. The van der Waals surface area contributed by atoms with E-state index in [4.69, 9.17) is 10.5 Å². The van der Waals surface area contributed by atoms with Gasteiger partial charge in [0, 0.05) is 13.2 Å². The summed E-state index contributed by atoms with van der Waals surface area (Å²) in [5, 5.41) is 0. The molecule has 0 aliphatic heterocycles. The van der Waals surface area contributed by atoms with E-state index in [1.807, 2.05) is 0 Å². The Morgan fingerprint density at radius 2 is 2.44 bits per heavy atom. The van der Waals surface area contributed by atoms with Gasteiger partial charge in [-0.3, -0.25) is 0 Å². The van der Waals surface area contributed by atoms with Crippen molar-refractivity contribution >= 4 is 0 Å². The molecule has 2 heteroatoms. The lowest BCUT2D eigenvalue weighted by Gasteiger charge is -2.24. The second kappa shape index (κ2) is 3.18. The van der Waals surface area contributed by atoms with Crippen molar-refractivity contribution in [2.45, 2.75) is 31.4 Å². The zero-order valence-electron chi connectivity index (χ0n) is 5.84. The van der Waals surface area contributed by atoms with E-state index in [1.54, 1.807) is 7.11 Å². The molecule has 1 fully saturated rings. The van der Waals surface area contributed by atoms with Crippen LogP contribution in [-0.2, 0) is 4.74 Å². The highest BCUT2D eigenvalue weighted by atomic mass is 16.5. The third-order valence-electron chi connectivity index (χ3n) is 1.80. The number of nitrogens with two attached hydrogens (primary N) is 1. The highest BCUT2D eigenvalue weighted by molar-refractivity contribution is 4.87. The summed E-state index contributed by atoms with van der Waals surface area (Å²) in [6.45, 7) is 0. The van der Waals surface area contributed by atoms with Gasteiger partial charge in [-0.2, -0.15) is 0 Å². The third-order valence-corrected chi connectivity index (χ3v) is 1.80. The quantitative estimate of drug-likeness (QED) is 0.564. The van der Waals surface area contributed by atoms with Gasteiger partial charge in [-0.25, -0.2) is 0 Å². The molecule has 1 rings (SSSR count). The van der Waals surface area contributed by atoms with Gasteiger partial charge in [0.2, 0.25) is 0 Å². The molecular weight excluding hydrogens is 114 g/mol. The van der Waals surface area contributed by atoms with Gasteiger partial charge >= 0.3 is 0 Å². The van der Waals surface area contributed by atoms with Crippen LogP contribution in [-0.4, -0.2) is 19.3 Å². The first kappa shape index (κ1) is 7.03. The van der Waals surface area contributed by atoms with Crippen LogP contribution in [0.15, 0.2) is 0 Å². The molecule has 0 aromatic heterocycles. The zero-order chi connectivity index (χ0) is 6.69. The molecule has 0 saturated heterocycles. The van der Waals surface area contributed by atoms with E-state index in [0.717, 1.165) is 19.3 Å². The highest BCUT2D eigenvalue weighted by Gasteiger charge is 2.17. The van der Waals surface area contributed by atoms with Gasteiger partial charge in [0.25, 0.3) is 0 Å². The third kappa shape index (κ3) is 1.95. The van der Waals surface area contributed by atoms with Crippen LogP contribution < -0.4 is 5.73 Å². The Morgan fingerprint density at radius 1 is 1.67 bits per heavy atom. The van der Waals surface area contributed by atoms with Crippen LogP contribution in [0.4, 0.5) is 0 Å². The average molecular weight is 128 g/mol. The van der Waals surface area contributed by atoms with E-state index in [2.05, 4.69) is 6.42 Å². The largest absolute Gasteiger partial charge is 0.381 e. The highest BCUT2D eigenvalue weighted by Crippen LogP contribution is 2.17. The van der Waals surface area contributed by atoms with Crippen LogP contribution in [0.1, 0.15) is 19.3 Å². The van der Waals surface area contributed by atoms with Gasteiger partial charge in [-0.05, 0) is 25.7 Å². The minimum Gasteiger partial charge on any atom is -0.381 e. The molecule has 2 nitrogen and oxygen atoms in total. The molecule has 1 radical (unpaired) electrons. The van der Waals surface area contributed by atoms with E-state index < -0.39 is 0 Å². The van der Waals surface area contributed by atoms with Gasteiger partial charge in [-0.1, -0.05) is 0 Å². The number of methoxy groups -OCH3 is 1. The number of rotatable bonds is 1. The Bertz CT molecular complexity index is 85.0. The van der Waals surface area contributed by atoms with Crippen LogP contribution in [0.25, 0.3) is 0 Å². The first-order valence-corrected chi connectivity index (χ1v) is 3.44. The summed E-state index contributed by atoms with van der Waals surface area (Å²) in [6.07, 6.45) is 5.74. The minimum atomic E-state index is 0.314. The summed E-state index contributed by atoms with van der Waals surface area (Å²) in [4.78, 5) is 0. The summed E-state index contributed by atoms with van der Waals surface area (Å²) in [7, 11) is 1.74. The van der Waals surface area contributed by atoms with Crippen molar-refractivity contribution in [2.75, 3.05) is 7.11 Å². The first-order valence-electron chi connectivity index (χ1n) is 3.44. The molecule has 2 unspecified atom stereocenters. The van der Waals surface area contributed by atoms with Crippen molar-refractivity contribution in [3.63, 3.8) is 0 Å². The maximum atomic E-state index is 5.70. The molecule has 0 heterocycles. The predicted molar refractivity (Wildman–Crippen MR) is 36.9 cm³/mol. The maximum Gasteiger partial charge on any atom is 0.0617 e. The van der Waals surface area contributed by atoms with E-state index in [1.165, 1.54) is 0 Å². The molecule has 1 saturated carbocycles. The van der Waals surface area contributed by atoms with Crippen LogP contribution in [0.3, 0.4) is 0 Å². The number of hydrogen-bond donors (Lipinski definition) is 1.